The van der Waals surface area contributed by atoms with E-state index in [1.165, 1.54) is 0 Å². The monoisotopic (exact) mass is 320 g/mol. The lowest BCUT2D eigenvalue weighted by atomic mass is 10.2. The van der Waals surface area contributed by atoms with Crippen molar-refractivity contribution in [3.05, 3.63) is 66.6 Å². The van der Waals surface area contributed by atoms with Crippen molar-refractivity contribution in [3.8, 4) is 11.4 Å². The Morgan fingerprint density at radius 1 is 1.21 bits per heavy atom. The van der Waals surface area contributed by atoms with Gasteiger partial charge in [-0.1, -0.05) is 12.6 Å². The van der Waals surface area contributed by atoms with Gasteiger partial charge in [0.2, 0.25) is 0 Å². The zero-order valence-electron chi connectivity index (χ0n) is 13.1. The summed E-state index contributed by atoms with van der Waals surface area (Å²) in [4.78, 5) is 27.5. The van der Waals surface area contributed by atoms with E-state index in [1.807, 2.05) is 54.0 Å². The molecule has 3 aromatic rings. The Balaban J connectivity index is 2.10. The average molecular weight is 320 g/mol. The molecule has 0 saturated heterocycles. The van der Waals surface area contributed by atoms with Gasteiger partial charge in [0, 0.05) is 24.5 Å². The Kier molecular flexibility index (Phi) is 4.11. The minimum Gasteiger partial charge on any atom is -0.388 e. The predicted molar refractivity (Wildman–Crippen MR) is 92.8 cm³/mol. The van der Waals surface area contributed by atoms with Crippen LogP contribution in [0, 0.1) is 0 Å². The number of imidazole rings is 1. The van der Waals surface area contributed by atoms with E-state index in [4.69, 9.17) is 0 Å². The molecule has 1 amide bonds. The van der Waals surface area contributed by atoms with Gasteiger partial charge in [-0.05, 0) is 36.4 Å². The molecule has 0 unspecified atom stereocenters. The molecule has 0 aliphatic carbocycles. The molecule has 2 heterocycles. The van der Waals surface area contributed by atoms with E-state index < -0.39 is 5.91 Å². The molecule has 0 aliphatic rings. The van der Waals surface area contributed by atoms with Gasteiger partial charge < -0.3 is 10.6 Å². The molecule has 24 heavy (non-hydrogen) atoms. The van der Waals surface area contributed by atoms with Crippen LogP contribution in [0.4, 0.5) is 5.69 Å². The number of benzene rings is 1. The summed E-state index contributed by atoms with van der Waals surface area (Å²) in [5.74, 6) is 0.184. The molecule has 0 atom stereocenters. The topological polar surface area (TPSA) is 75.5 Å². The van der Waals surface area contributed by atoms with Crippen LogP contribution in [0.2, 0.25) is 0 Å². The molecule has 0 fully saturated rings. The third-order valence-electron chi connectivity index (χ3n) is 3.61. The van der Waals surface area contributed by atoms with Crippen molar-refractivity contribution in [2.24, 2.45) is 0 Å². The number of nitrogens with one attached hydrogen (secondary N) is 2. The molecule has 2 N–H and O–H groups in total. The van der Waals surface area contributed by atoms with Gasteiger partial charge in [0.05, 0.1) is 11.2 Å². The number of fused-ring (bicyclic) bond motifs is 1. The molecule has 0 bridgehead atoms. The van der Waals surface area contributed by atoms with Crippen molar-refractivity contribution < 1.29 is 9.59 Å². The van der Waals surface area contributed by atoms with E-state index in [0.29, 0.717) is 17.6 Å². The van der Waals surface area contributed by atoms with Gasteiger partial charge in [0.1, 0.15) is 5.82 Å². The number of rotatable bonds is 5. The van der Waals surface area contributed by atoms with Crippen molar-refractivity contribution >= 4 is 23.4 Å². The maximum absolute atomic E-state index is 12.4. The standard InChI is InChI=1S/C18H16N4O2/c1-12(11-23)20-18(24)16-15-5-3-4-10-22(15)17(21-16)13-6-8-14(19-2)9-7-13/h3-11,19H,1H2,2H3,(H,20,24). The van der Waals surface area contributed by atoms with Gasteiger partial charge in [0.25, 0.3) is 5.91 Å². The third kappa shape index (κ3) is 2.77. The van der Waals surface area contributed by atoms with E-state index in [9.17, 15) is 9.59 Å². The van der Waals surface area contributed by atoms with Gasteiger partial charge in [0.15, 0.2) is 12.0 Å². The van der Waals surface area contributed by atoms with Gasteiger partial charge in [-0.2, -0.15) is 0 Å². The second-order valence-electron chi connectivity index (χ2n) is 5.16. The number of allylic oxidation sites excluding steroid dienone is 1. The molecule has 6 heteroatoms. The van der Waals surface area contributed by atoms with Gasteiger partial charge in [-0.3, -0.25) is 14.0 Å². The zero-order chi connectivity index (χ0) is 17.1. The number of nitrogens with zero attached hydrogens (tertiary/aromatic N) is 2. The van der Waals surface area contributed by atoms with Crippen molar-refractivity contribution in [2.45, 2.75) is 0 Å². The molecule has 0 saturated carbocycles. The Morgan fingerprint density at radius 2 is 1.96 bits per heavy atom. The average Bonchev–Trinajstić information content (AvgIpc) is 3.01. The summed E-state index contributed by atoms with van der Waals surface area (Å²) in [7, 11) is 1.85. The maximum atomic E-state index is 12.4. The van der Waals surface area contributed by atoms with Crippen LogP contribution in [0.25, 0.3) is 16.9 Å². The smallest absolute Gasteiger partial charge is 0.276 e. The summed E-state index contributed by atoms with van der Waals surface area (Å²) in [5, 5.41) is 5.49. The first-order chi connectivity index (χ1) is 11.6. The summed E-state index contributed by atoms with van der Waals surface area (Å²) >= 11 is 0. The van der Waals surface area contributed by atoms with Crippen LogP contribution >= 0.6 is 0 Å². The first-order valence-electron chi connectivity index (χ1n) is 7.34. The fourth-order valence-corrected chi connectivity index (χ4v) is 2.43. The van der Waals surface area contributed by atoms with Crippen LogP contribution in [0.15, 0.2) is 60.9 Å². The Morgan fingerprint density at radius 3 is 2.62 bits per heavy atom. The first kappa shape index (κ1) is 15.5. The van der Waals surface area contributed by atoms with Crippen molar-refractivity contribution in [1.82, 2.24) is 14.7 Å². The van der Waals surface area contributed by atoms with Crippen LogP contribution in [0.1, 0.15) is 10.5 Å². The Hall–Kier alpha value is -3.41. The number of aldehydes is 1. The third-order valence-corrected chi connectivity index (χ3v) is 3.61. The minimum atomic E-state index is -0.464. The highest BCUT2D eigenvalue weighted by atomic mass is 16.2. The van der Waals surface area contributed by atoms with Gasteiger partial charge >= 0.3 is 0 Å². The number of hydrogen-bond acceptors (Lipinski definition) is 4. The molecule has 1 aromatic carbocycles. The largest absolute Gasteiger partial charge is 0.388 e. The lowest BCUT2D eigenvalue weighted by Crippen LogP contribution is -2.23. The first-order valence-corrected chi connectivity index (χ1v) is 7.34. The SMILES string of the molecule is C=C(C=O)NC(=O)c1nc(-c2ccc(NC)cc2)n2ccccc12. The Labute approximate surface area is 138 Å². The number of carbonyl (C=O) groups is 2. The number of amides is 1. The molecular weight excluding hydrogens is 304 g/mol. The van der Waals surface area contributed by atoms with E-state index in [2.05, 4.69) is 22.2 Å². The zero-order valence-corrected chi connectivity index (χ0v) is 13.1. The second-order valence-corrected chi connectivity index (χ2v) is 5.16. The van der Waals surface area contributed by atoms with Crippen LogP contribution in [0.5, 0.6) is 0 Å². The highest BCUT2D eigenvalue weighted by Gasteiger charge is 2.18. The molecule has 6 nitrogen and oxygen atoms in total. The van der Waals surface area contributed by atoms with E-state index in [0.717, 1.165) is 11.3 Å². The van der Waals surface area contributed by atoms with Crippen LogP contribution in [0.3, 0.4) is 0 Å². The molecule has 0 aliphatic heterocycles. The normalized spacial score (nSPS) is 10.4. The van der Waals surface area contributed by atoms with Gasteiger partial charge in [-0.25, -0.2) is 4.98 Å². The van der Waals surface area contributed by atoms with E-state index in [1.54, 1.807) is 6.07 Å². The van der Waals surface area contributed by atoms with Crippen LogP contribution < -0.4 is 10.6 Å². The lowest BCUT2D eigenvalue weighted by molar-refractivity contribution is -0.105. The van der Waals surface area contributed by atoms with E-state index >= 15 is 0 Å². The van der Waals surface area contributed by atoms with E-state index in [-0.39, 0.29) is 11.4 Å². The Bertz CT molecular complexity index is 926. The number of hydrogen-bond donors (Lipinski definition) is 2. The highest BCUT2D eigenvalue weighted by Crippen LogP contribution is 2.24. The summed E-state index contributed by atoms with van der Waals surface area (Å²) in [6, 6.07) is 13.2. The summed E-state index contributed by atoms with van der Waals surface area (Å²) in [6.45, 7) is 3.46. The number of aromatic nitrogens is 2. The lowest BCUT2D eigenvalue weighted by Gasteiger charge is -2.03. The number of pyridine rings is 1. The molecule has 3 rings (SSSR count). The molecule has 0 radical (unpaired) electrons. The summed E-state index contributed by atoms with van der Waals surface area (Å²) in [5.41, 5.74) is 2.76. The molecule has 0 spiro atoms. The molecule has 120 valence electrons. The van der Waals surface area contributed by atoms with Crippen molar-refractivity contribution in [1.29, 1.82) is 0 Å². The minimum absolute atomic E-state index is 0.00277. The van der Waals surface area contributed by atoms with Crippen LogP contribution in [-0.2, 0) is 4.79 Å². The van der Waals surface area contributed by atoms with Crippen molar-refractivity contribution in [3.63, 3.8) is 0 Å². The van der Waals surface area contributed by atoms with Gasteiger partial charge in [-0.15, -0.1) is 0 Å². The number of carbonyl (C=O) groups excluding carboxylic acids is 2. The molecular formula is C18H16N4O2. The van der Waals surface area contributed by atoms with Crippen molar-refractivity contribution in [2.75, 3.05) is 12.4 Å². The number of anilines is 1. The fourth-order valence-electron chi connectivity index (χ4n) is 2.43. The maximum Gasteiger partial charge on any atom is 0.276 e. The van der Waals surface area contributed by atoms with Crippen LogP contribution in [-0.4, -0.2) is 28.6 Å². The summed E-state index contributed by atoms with van der Waals surface area (Å²) < 4.78 is 1.84. The predicted octanol–water partition coefficient (Wildman–Crippen LogP) is 2.49. The summed E-state index contributed by atoms with van der Waals surface area (Å²) in [6.07, 6.45) is 2.34. The molecule has 2 aromatic heterocycles. The fraction of sp³-hybridized carbons (Fsp3) is 0.0556. The quantitative estimate of drug-likeness (QED) is 0.559. The second kappa shape index (κ2) is 6.37. The highest BCUT2D eigenvalue weighted by molar-refractivity contribution is 6.02.